The first-order valence-electron chi connectivity index (χ1n) is 16.8. The highest BCUT2D eigenvalue weighted by atomic mass is 32.3. The molecule has 7 aromatic carbocycles. The van der Waals surface area contributed by atoms with Gasteiger partial charge in [0.15, 0.2) is 5.82 Å². The molecule has 0 radical (unpaired) electrons. The molecule has 3 nitrogen and oxygen atoms in total. The van der Waals surface area contributed by atoms with Crippen LogP contribution in [0.2, 0.25) is 0 Å². The lowest BCUT2D eigenvalue weighted by atomic mass is 10.1. The molecule has 0 saturated heterocycles. The summed E-state index contributed by atoms with van der Waals surface area (Å²) in [5.41, 5.74) is 5.14. The lowest BCUT2D eigenvalue weighted by Crippen LogP contribution is -2.06. The zero-order valence-electron chi connectivity index (χ0n) is 27.3. The van der Waals surface area contributed by atoms with Crippen molar-refractivity contribution in [1.29, 1.82) is 0 Å². The van der Waals surface area contributed by atoms with Crippen molar-refractivity contribution in [2.75, 3.05) is 0 Å². The molecule has 0 amide bonds. The van der Waals surface area contributed by atoms with Crippen molar-refractivity contribution in [1.82, 2.24) is 14.5 Å². The Morgan fingerprint density at radius 2 is 0.800 bits per heavy atom. The molecule has 0 unspecified atom stereocenters. The van der Waals surface area contributed by atoms with Crippen LogP contribution in [0.5, 0.6) is 0 Å². The molecule has 4 heteroatoms. The summed E-state index contributed by atoms with van der Waals surface area (Å²) in [6.45, 7) is 0. The van der Waals surface area contributed by atoms with Gasteiger partial charge in [0.25, 0.3) is 0 Å². The van der Waals surface area contributed by atoms with E-state index in [0.29, 0.717) is 5.82 Å². The first kappa shape index (κ1) is 29.9. The largest absolute Gasteiger partial charge is 0.294 e. The summed E-state index contributed by atoms with van der Waals surface area (Å²) < 4.78 is 2.28. The van der Waals surface area contributed by atoms with E-state index in [2.05, 4.69) is 199 Å². The zero-order chi connectivity index (χ0) is 33.3. The molecule has 0 N–H and O–H groups in total. The summed E-state index contributed by atoms with van der Waals surface area (Å²) in [7, 11) is -1.88. The number of benzene rings is 7. The van der Waals surface area contributed by atoms with Crippen molar-refractivity contribution < 1.29 is 0 Å². The molecule has 50 heavy (non-hydrogen) atoms. The van der Waals surface area contributed by atoms with Crippen molar-refractivity contribution in [2.45, 2.75) is 19.6 Å². The standard InChI is InChI=1S/C46H33N3S/c1-5-18-34(19-6-1)42-33-45(49-43-30-15-13-28-40(43)41-29-14-16-31-44(41)49)48-46(47-42)35-20-17-27-39(32-35)50(36-21-7-2-8-22-36,37-23-9-3-10-24-37)38-25-11-4-12-26-38/h1-33H. The van der Waals surface area contributed by atoms with Crippen LogP contribution in [-0.4, -0.2) is 14.5 Å². The summed E-state index contributed by atoms with van der Waals surface area (Å²) in [4.78, 5) is 15.7. The summed E-state index contributed by atoms with van der Waals surface area (Å²) in [5.74, 6) is 1.52. The Labute approximate surface area is 293 Å². The third-order valence-corrected chi connectivity index (χ3v) is 13.2. The molecule has 0 spiro atoms. The van der Waals surface area contributed by atoms with E-state index in [-0.39, 0.29) is 0 Å². The molecule has 0 atom stereocenters. The Kier molecular flexibility index (Phi) is 7.57. The van der Waals surface area contributed by atoms with Crippen molar-refractivity contribution >= 4 is 31.8 Å². The van der Waals surface area contributed by atoms with Crippen LogP contribution in [0.4, 0.5) is 0 Å². The lowest BCUT2D eigenvalue weighted by molar-refractivity contribution is 1.05. The molecule has 2 aromatic heterocycles. The van der Waals surface area contributed by atoms with Gasteiger partial charge in [0.2, 0.25) is 0 Å². The molecule has 2 heterocycles. The highest BCUT2D eigenvalue weighted by Crippen LogP contribution is 2.73. The second kappa shape index (κ2) is 12.7. The Hall–Kier alpha value is -6.23. The van der Waals surface area contributed by atoms with E-state index < -0.39 is 10.0 Å². The summed E-state index contributed by atoms with van der Waals surface area (Å²) in [6.07, 6.45) is 0. The number of hydrogen-bond donors (Lipinski definition) is 0. The van der Waals surface area contributed by atoms with E-state index in [0.717, 1.165) is 33.7 Å². The van der Waals surface area contributed by atoms with Crippen molar-refractivity contribution in [3.05, 3.63) is 200 Å². The molecule has 0 saturated carbocycles. The second-order valence-corrected chi connectivity index (χ2v) is 15.4. The maximum absolute atomic E-state index is 5.37. The number of rotatable bonds is 7. The molecular formula is C46H33N3S. The Morgan fingerprint density at radius 1 is 0.360 bits per heavy atom. The second-order valence-electron chi connectivity index (χ2n) is 12.3. The fraction of sp³-hybridized carbons (Fsp3) is 0. The number of aromatic nitrogens is 3. The molecule has 0 aliphatic heterocycles. The first-order valence-corrected chi connectivity index (χ1v) is 18.5. The maximum atomic E-state index is 5.37. The minimum atomic E-state index is -1.88. The molecule has 9 aromatic rings. The average molecular weight is 660 g/mol. The zero-order valence-corrected chi connectivity index (χ0v) is 28.1. The van der Waals surface area contributed by atoms with Gasteiger partial charge < -0.3 is 0 Å². The van der Waals surface area contributed by atoms with E-state index >= 15 is 0 Å². The van der Waals surface area contributed by atoms with Gasteiger partial charge in [0, 0.05) is 47.5 Å². The topological polar surface area (TPSA) is 30.7 Å². The van der Waals surface area contributed by atoms with Crippen molar-refractivity contribution in [2.24, 2.45) is 0 Å². The molecular weight excluding hydrogens is 627 g/mol. The Bertz CT molecular complexity index is 2430. The summed E-state index contributed by atoms with van der Waals surface area (Å²) >= 11 is 0. The van der Waals surface area contributed by atoms with Crippen LogP contribution in [0.1, 0.15) is 0 Å². The minimum absolute atomic E-state index is 0.688. The van der Waals surface area contributed by atoms with Crippen LogP contribution in [0.15, 0.2) is 220 Å². The van der Waals surface area contributed by atoms with Gasteiger partial charge in [-0.05, 0) is 60.7 Å². The fourth-order valence-electron chi connectivity index (χ4n) is 7.12. The summed E-state index contributed by atoms with van der Waals surface area (Å²) in [6, 6.07) is 71.4. The predicted octanol–water partition coefficient (Wildman–Crippen LogP) is 12.2. The minimum Gasteiger partial charge on any atom is -0.294 e. The SMILES string of the molecule is c1ccc(-c2cc(-n3c4ccccc4c4ccccc43)nc(-c3cccc(S(c4ccccc4)(c4ccccc4)c4ccccc4)c3)n2)cc1. The molecule has 9 rings (SSSR count). The van der Waals surface area contributed by atoms with E-state index in [9.17, 15) is 0 Å². The van der Waals surface area contributed by atoms with Gasteiger partial charge in [-0.1, -0.05) is 133 Å². The number of nitrogens with zero attached hydrogens (tertiary/aromatic N) is 3. The van der Waals surface area contributed by atoms with Gasteiger partial charge in [-0.3, -0.25) is 4.57 Å². The Balaban J connectivity index is 1.32. The third kappa shape index (κ3) is 5.01. The fourth-order valence-corrected chi connectivity index (χ4v) is 11.0. The third-order valence-electron chi connectivity index (χ3n) is 9.33. The number of fused-ring (bicyclic) bond motifs is 3. The van der Waals surface area contributed by atoms with Gasteiger partial charge in [-0.15, -0.1) is 10.0 Å². The van der Waals surface area contributed by atoms with E-state index in [1.807, 2.05) is 6.07 Å². The molecule has 0 aliphatic rings. The van der Waals surface area contributed by atoms with Gasteiger partial charge in [-0.2, -0.15) is 0 Å². The first-order chi connectivity index (χ1) is 24.8. The number of para-hydroxylation sites is 2. The number of hydrogen-bond acceptors (Lipinski definition) is 2. The highest BCUT2D eigenvalue weighted by Gasteiger charge is 2.33. The van der Waals surface area contributed by atoms with Crippen LogP contribution >= 0.6 is 10.0 Å². The quantitative estimate of drug-likeness (QED) is 0.170. The molecule has 0 fully saturated rings. The molecule has 238 valence electrons. The van der Waals surface area contributed by atoms with Crippen LogP contribution in [-0.2, 0) is 0 Å². The van der Waals surface area contributed by atoms with Gasteiger partial charge in [0.05, 0.1) is 16.7 Å². The van der Waals surface area contributed by atoms with E-state index in [1.54, 1.807) is 0 Å². The van der Waals surface area contributed by atoms with E-state index in [4.69, 9.17) is 9.97 Å². The smallest absolute Gasteiger partial charge is 0.162 e. The van der Waals surface area contributed by atoms with Crippen LogP contribution in [0, 0.1) is 0 Å². The Morgan fingerprint density at radius 3 is 1.34 bits per heavy atom. The summed E-state index contributed by atoms with van der Waals surface area (Å²) in [5, 5.41) is 2.40. The van der Waals surface area contributed by atoms with E-state index in [1.165, 1.54) is 30.4 Å². The van der Waals surface area contributed by atoms with Crippen LogP contribution in [0.3, 0.4) is 0 Å². The van der Waals surface area contributed by atoms with Gasteiger partial charge in [0.1, 0.15) is 5.82 Å². The monoisotopic (exact) mass is 659 g/mol. The van der Waals surface area contributed by atoms with Crippen LogP contribution in [0.25, 0.3) is 50.3 Å². The molecule has 0 aliphatic carbocycles. The highest BCUT2D eigenvalue weighted by molar-refractivity contribution is 8.34. The predicted molar refractivity (Wildman–Crippen MR) is 207 cm³/mol. The van der Waals surface area contributed by atoms with Crippen molar-refractivity contribution in [3.8, 4) is 28.5 Å². The normalized spacial score (nSPS) is 11.9. The van der Waals surface area contributed by atoms with Gasteiger partial charge in [-0.25, -0.2) is 9.97 Å². The van der Waals surface area contributed by atoms with Crippen LogP contribution < -0.4 is 0 Å². The van der Waals surface area contributed by atoms with Crippen molar-refractivity contribution in [3.63, 3.8) is 0 Å². The average Bonchev–Trinajstić information content (AvgIpc) is 3.54. The molecule has 0 bridgehead atoms. The maximum Gasteiger partial charge on any atom is 0.162 e. The van der Waals surface area contributed by atoms with Gasteiger partial charge >= 0.3 is 0 Å². The lowest BCUT2D eigenvalue weighted by Gasteiger charge is -2.42.